The van der Waals surface area contributed by atoms with Crippen LogP contribution in [0.4, 0.5) is 0 Å². The van der Waals surface area contributed by atoms with Crippen LogP contribution in [0.25, 0.3) is 11.5 Å². The summed E-state index contributed by atoms with van der Waals surface area (Å²) in [5.41, 5.74) is 0.657. The molecule has 0 atom stereocenters. The molecule has 20 heavy (non-hydrogen) atoms. The monoisotopic (exact) mass is 274 g/mol. The van der Waals surface area contributed by atoms with Crippen LogP contribution in [-0.2, 0) is 10.3 Å². The van der Waals surface area contributed by atoms with Gasteiger partial charge in [0, 0.05) is 12.8 Å². The number of ether oxygens (including phenoxy) is 1. The largest absolute Gasteiger partial charge is 0.367 e. The Morgan fingerprint density at radius 3 is 2.70 bits per heavy atom. The van der Waals surface area contributed by atoms with Crippen molar-refractivity contribution in [1.29, 1.82) is 5.26 Å². The molecule has 0 aliphatic rings. The molecule has 0 saturated heterocycles. The fraction of sp³-hybridized carbons (Fsp3) is 0.500. The Morgan fingerprint density at radius 1 is 1.40 bits per heavy atom. The lowest BCUT2D eigenvalue weighted by molar-refractivity contribution is -0.0583. The number of nitrogens with zero attached hydrogens (tertiary/aromatic N) is 3. The summed E-state index contributed by atoms with van der Waals surface area (Å²) in [5, 5.41) is 12.9. The molecule has 0 aromatic carbocycles. The van der Waals surface area contributed by atoms with Gasteiger partial charge in [-0.05, 0) is 25.8 Å². The van der Waals surface area contributed by atoms with Gasteiger partial charge in [0.1, 0.15) is 17.4 Å². The van der Waals surface area contributed by atoms with E-state index < -0.39 is 5.60 Å². The highest BCUT2D eigenvalue weighted by Gasteiger charge is 2.34. The molecule has 6 nitrogen and oxygen atoms in total. The lowest BCUT2D eigenvalue weighted by Crippen LogP contribution is -2.29. The van der Waals surface area contributed by atoms with Crippen molar-refractivity contribution in [2.24, 2.45) is 0 Å². The van der Waals surface area contributed by atoms with Crippen molar-refractivity contribution in [1.82, 2.24) is 15.1 Å². The predicted molar refractivity (Wildman–Crippen MR) is 72.7 cm³/mol. The van der Waals surface area contributed by atoms with Crippen LogP contribution in [-0.4, -0.2) is 21.7 Å². The van der Waals surface area contributed by atoms with E-state index in [1.54, 1.807) is 12.3 Å². The number of nitriles is 1. The molecule has 0 aliphatic carbocycles. The highest BCUT2D eigenvalue weighted by Crippen LogP contribution is 2.32. The molecule has 0 radical (unpaired) electrons. The second-order valence-electron chi connectivity index (χ2n) is 4.47. The minimum atomic E-state index is -0.509. The highest BCUT2D eigenvalue weighted by atomic mass is 16.5. The predicted octanol–water partition coefficient (Wildman–Crippen LogP) is 2.99. The average Bonchev–Trinajstić information content (AvgIpc) is 3.13. The first kappa shape index (κ1) is 14.3. The van der Waals surface area contributed by atoms with Crippen molar-refractivity contribution in [2.75, 3.05) is 6.61 Å². The number of aromatic nitrogens is 3. The summed E-state index contributed by atoms with van der Waals surface area (Å²) in [6, 6.07) is 3.70. The molecule has 0 saturated carbocycles. The van der Waals surface area contributed by atoms with Gasteiger partial charge in [0.05, 0.1) is 5.56 Å². The van der Waals surface area contributed by atoms with E-state index in [0.717, 1.165) is 12.8 Å². The Hall–Kier alpha value is -2.13. The zero-order valence-electron chi connectivity index (χ0n) is 11.9. The van der Waals surface area contributed by atoms with Gasteiger partial charge in [0.25, 0.3) is 5.89 Å². The van der Waals surface area contributed by atoms with E-state index in [4.69, 9.17) is 14.5 Å². The van der Waals surface area contributed by atoms with E-state index in [1.807, 2.05) is 26.8 Å². The maximum atomic E-state index is 8.81. The van der Waals surface area contributed by atoms with Crippen LogP contribution in [0, 0.1) is 11.3 Å². The van der Waals surface area contributed by atoms with Gasteiger partial charge in [-0.1, -0.05) is 19.0 Å². The van der Waals surface area contributed by atoms with E-state index >= 15 is 0 Å². The van der Waals surface area contributed by atoms with Gasteiger partial charge in [-0.25, -0.2) is 0 Å². The molecule has 0 unspecified atom stereocenters. The van der Waals surface area contributed by atoms with E-state index in [0.29, 0.717) is 29.6 Å². The number of H-pyrrole nitrogens is 1. The molecule has 0 bridgehead atoms. The SMILES string of the molecule is CCOC(CC)(CC)c1noc(-c2c[nH]c(C#N)c2)n1. The Morgan fingerprint density at radius 2 is 2.15 bits per heavy atom. The third kappa shape index (κ3) is 2.45. The smallest absolute Gasteiger partial charge is 0.259 e. The molecule has 2 rings (SSSR count). The van der Waals surface area contributed by atoms with E-state index in [2.05, 4.69) is 15.1 Å². The second kappa shape index (κ2) is 5.88. The average molecular weight is 274 g/mol. The molecule has 6 heteroatoms. The fourth-order valence-electron chi connectivity index (χ4n) is 2.22. The standard InChI is InChI=1S/C14H18N4O2/c1-4-14(5-2,19-6-3)13-17-12(20-18-13)10-7-11(8-15)16-9-10/h7,9,16H,4-6H2,1-3H3. The van der Waals surface area contributed by atoms with Crippen molar-refractivity contribution in [3.63, 3.8) is 0 Å². The van der Waals surface area contributed by atoms with Crippen LogP contribution < -0.4 is 0 Å². The minimum absolute atomic E-state index is 0.392. The maximum absolute atomic E-state index is 8.81. The lowest BCUT2D eigenvalue weighted by Gasteiger charge is -2.27. The highest BCUT2D eigenvalue weighted by molar-refractivity contribution is 5.54. The van der Waals surface area contributed by atoms with Gasteiger partial charge in [0.2, 0.25) is 5.82 Å². The Kier molecular flexibility index (Phi) is 4.20. The Labute approximate surface area is 117 Å². The molecule has 1 N–H and O–H groups in total. The van der Waals surface area contributed by atoms with Crippen LogP contribution in [0.2, 0.25) is 0 Å². The second-order valence-corrected chi connectivity index (χ2v) is 4.47. The van der Waals surface area contributed by atoms with Crippen LogP contribution in [0.15, 0.2) is 16.8 Å². The van der Waals surface area contributed by atoms with Crippen molar-refractivity contribution in [2.45, 2.75) is 39.2 Å². The van der Waals surface area contributed by atoms with Crippen LogP contribution in [0.5, 0.6) is 0 Å². The van der Waals surface area contributed by atoms with Crippen molar-refractivity contribution in [3.05, 3.63) is 23.8 Å². The van der Waals surface area contributed by atoms with Gasteiger partial charge in [0.15, 0.2) is 0 Å². The van der Waals surface area contributed by atoms with Gasteiger partial charge >= 0.3 is 0 Å². The zero-order chi connectivity index (χ0) is 14.6. The molecule has 0 amide bonds. The number of hydrogen-bond acceptors (Lipinski definition) is 5. The molecule has 2 heterocycles. The van der Waals surface area contributed by atoms with Crippen molar-refractivity contribution in [3.8, 4) is 17.5 Å². The van der Waals surface area contributed by atoms with E-state index in [-0.39, 0.29) is 0 Å². The number of hydrogen-bond donors (Lipinski definition) is 1. The van der Waals surface area contributed by atoms with E-state index in [9.17, 15) is 0 Å². The molecular formula is C14H18N4O2. The first-order valence-corrected chi connectivity index (χ1v) is 6.76. The molecular weight excluding hydrogens is 256 g/mol. The summed E-state index contributed by atoms with van der Waals surface area (Å²) in [7, 11) is 0. The van der Waals surface area contributed by atoms with Crippen LogP contribution >= 0.6 is 0 Å². The van der Waals surface area contributed by atoms with E-state index in [1.165, 1.54) is 0 Å². The normalized spacial score (nSPS) is 11.5. The summed E-state index contributed by atoms with van der Waals surface area (Å²) in [5.74, 6) is 0.947. The van der Waals surface area contributed by atoms with Crippen LogP contribution in [0.3, 0.4) is 0 Å². The van der Waals surface area contributed by atoms with Crippen LogP contribution in [0.1, 0.15) is 45.1 Å². The summed E-state index contributed by atoms with van der Waals surface area (Å²) in [4.78, 5) is 7.26. The topological polar surface area (TPSA) is 87.7 Å². The third-order valence-electron chi connectivity index (χ3n) is 3.45. The molecule has 0 fully saturated rings. The number of aromatic amines is 1. The van der Waals surface area contributed by atoms with Gasteiger partial charge in [-0.3, -0.25) is 0 Å². The maximum Gasteiger partial charge on any atom is 0.259 e. The summed E-state index contributed by atoms with van der Waals surface area (Å²) in [6.07, 6.45) is 3.22. The summed E-state index contributed by atoms with van der Waals surface area (Å²) >= 11 is 0. The summed E-state index contributed by atoms with van der Waals surface area (Å²) < 4.78 is 11.1. The minimum Gasteiger partial charge on any atom is -0.367 e. The van der Waals surface area contributed by atoms with Gasteiger partial charge < -0.3 is 14.2 Å². The van der Waals surface area contributed by atoms with Crippen molar-refractivity contribution >= 4 is 0 Å². The lowest BCUT2D eigenvalue weighted by atomic mass is 9.96. The summed E-state index contributed by atoms with van der Waals surface area (Å²) in [6.45, 7) is 6.62. The van der Waals surface area contributed by atoms with Gasteiger partial charge in [-0.15, -0.1) is 0 Å². The number of rotatable bonds is 6. The molecule has 0 aliphatic heterocycles. The zero-order valence-corrected chi connectivity index (χ0v) is 11.9. The quantitative estimate of drug-likeness (QED) is 0.874. The molecule has 2 aromatic rings. The first-order valence-electron chi connectivity index (χ1n) is 6.76. The van der Waals surface area contributed by atoms with Gasteiger partial charge in [-0.2, -0.15) is 10.2 Å². The molecule has 106 valence electrons. The first-order chi connectivity index (χ1) is 9.69. The molecule has 2 aromatic heterocycles. The molecule has 0 spiro atoms. The fourth-order valence-corrected chi connectivity index (χ4v) is 2.22. The van der Waals surface area contributed by atoms with Crippen molar-refractivity contribution < 1.29 is 9.26 Å². The number of nitrogens with one attached hydrogen (secondary N) is 1. The Balaban J connectivity index is 2.34. The Bertz CT molecular complexity index is 605. The third-order valence-corrected chi connectivity index (χ3v) is 3.45.